The highest BCUT2D eigenvalue weighted by atomic mass is 19.1. The van der Waals surface area contributed by atoms with Gasteiger partial charge in [0.25, 0.3) is 0 Å². The van der Waals surface area contributed by atoms with Gasteiger partial charge in [-0.05, 0) is 68.5 Å². The fourth-order valence-electron chi connectivity index (χ4n) is 6.92. The SMILES string of the molecule is C=CCC(C)(C)C(=O)/C(=C\N(C)c1ccccc1)C[C@]1(C)CCCc2c(-c3ccccc3F)nc(-c3ccnc4ccccc34)nc21. The Balaban J connectivity index is 1.55. The van der Waals surface area contributed by atoms with Crippen molar-refractivity contribution in [3.8, 4) is 22.6 Å². The number of aromatic nitrogens is 3. The largest absolute Gasteiger partial charge is 0.351 e. The van der Waals surface area contributed by atoms with Crippen LogP contribution in [0.3, 0.4) is 0 Å². The second-order valence-electron chi connectivity index (χ2n) is 13.5. The maximum Gasteiger partial charge on any atom is 0.166 e. The quantitative estimate of drug-likeness (QED) is 0.114. The molecule has 0 saturated heterocycles. The number of benzene rings is 3. The molecule has 0 saturated carbocycles. The number of Topliss-reactive ketones (excluding diaryl/α,β-unsaturated/α-hetero) is 1. The number of rotatable bonds is 10. The Hall–Kier alpha value is -4.97. The number of hydrogen-bond acceptors (Lipinski definition) is 5. The number of pyridine rings is 1. The summed E-state index contributed by atoms with van der Waals surface area (Å²) in [7, 11) is 1.98. The van der Waals surface area contributed by atoms with E-state index in [4.69, 9.17) is 9.97 Å². The van der Waals surface area contributed by atoms with E-state index < -0.39 is 10.8 Å². The van der Waals surface area contributed by atoms with Crippen molar-refractivity contribution in [3.05, 3.63) is 133 Å². The van der Waals surface area contributed by atoms with E-state index in [2.05, 4.69) is 18.5 Å². The van der Waals surface area contributed by atoms with E-state index in [9.17, 15) is 4.79 Å². The predicted molar refractivity (Wildman–Crippen MR) is 190 cm³/mol. The van der Waals surface area contributed by atoms with Crippen LogP contribution in [0.5, 0.6) is 0 Å². The van der Waals surface area contributed by atoms with Crippen molar-refractivity contribution >= 4 is 22.4 Å². The highest BCUT2D eigenvalue weighted by Gasteiger charge is 2.40. The lowest BCUT2D eigenvalue weighted by atomic mass is 9.68. The fourth-order valence-corrected chi connectivity index (χ4v) is 6.92. The van der Waals surface area contributed by atoms with Crippen LogP contribution in [-0.4, -0.2) is 27.8 Å². The van der Waals surface area contributed by atoms with Gasteiger partial charge in [-0.25, -0.2) is 14.4 Å². The van der Waals surface area contributed by atoms with Crippen molar-refractivity contribution in [2.75, 3.05) is 11.9 Å². The number of para-hydroxylation sites is 2. The van der Waals surface area contributed by atoms with Crippen molar-refractivity contribution in [1.82, 2.24) is 15.0 Å². The van der Waals surface area contributed by atoms with Crippen LogP contribution in [0.2, 0.25) is 0 Å². The number of hydrogen-bond donors (Lipinski definition) is 0. The summed E-state index contributed by atoms with van der Waals surface area (Å²) < 4.78 is 15.5. The van der Waals surface area contributed by atoms with Gasteiger partial charge in [-0.1, -0.05) is 75.4 Å². The molecule has 0 bridgehead atoms. The van der Waals surface area contributed by atoms with Crippen LogP contribution in [0.1, 0.15) is 57.7 Å². The lowest BCUT2D eigenvalue weighted by molar-refractivity contribution is -0.123. The van der Waals surface area contributed by atoms with Gasteiger partial charge in [0.05, 0.1) is 16.9 Å². The molecule has 0 N–H and O–H groups in total. The van der Waals surface area contributed by atoms with Gasteiger partial charge in [0, 0.05) is 63.6 Å². The van der Waals surface area contributed by atoms with E-state index in [0.717, 1.165) is 58.2 Å². The number of ketones is 1. The fraction of sp³-hybridized carbons (Fsp3) is 0.268. The summed E-state index contributed by atoms with van der Waals surface area (Å²) >= 11 is 0. The third kappa shape index (κ3) is 6.37. The summed E-state index contributed by atoms with van der Waals surface area (Å²) in [5, 5.41) is 0.929. The molecule has 1 aliphatic rings. The number of allylic oxidation sites excluding steroid dienone is 2. The number of anilines is 1. The Bertz CT molecular complexity index is 1980. The standard InChI is InChI=1S/C41H41FN4O/c1-6-23-40(2,3)38(47)28(27-46(5)29-15-8-7-9-16-29)26-41(4)24-14-19-33-36(32-18-10-12-20-34(32)42)44-39(45-37(33)41)31-22-25-43-35-21-13-11-17-30(31)35/h6-13,15-18,20-22,25,27H,1,14,19,23-24,26H2,2-5H3/b28-27-/t41-/m0/s1. The molecule has 1 atom stereocenters. The highest BCUT2D eigenvalue weighted by Crippen LogP contribution is 2.46. The molecule has 0 amide bonds. The van der Waals surface area contributed by atoms with Gasteiger partial charge < -0.3 is 4.90 Å². The van der Waals surface area contributed by atoms with Crippen LogP contribution < -0.4 is 4.90 Å². The minimum atomic E-state index is -0.635. The maximum atomic E-state index is 15.5. The van der Waals surface area contributed by atoms with Gasteiger partial charge in [-0.15, -0.1) is 6.58 Å². The Morgan fingerprint density at radius 3 is 2.47 bits per heavy atom. The molecule has 5 aromatic rings. The Morgan fingerprint density at radius 2 is 1.70 bits per heavy atom. The van der Waals surface area contributed by atoms with E-state index >= 15 is 4.39 Å². The average molecular weight is 625 g/mol. The topological polar surface area (TPSA) is 59.0 Å². The van der Waals surface area contributed by atoms with E-state index in [1.165, 1.54) is 6.07 Å². The third-order valence-corrected chi connectivity index (χ3v) is 9.41. The number of carbonyl (C=O) groups is 1. The second-order valence-corrected chi connectivity index (χ2v) is 13.5. The molecule has 0 fully saturated rings. The van der Waals surface area contributed by atoms with Gasteiger partial charge >= 0.3 is 0 Å². The molecule has 3 aromatic carbocycles. The van der Waals surface area contributed by atoms with Gasteiger partial charge in [-0.2, -0.15) is 0 Å². The van der Waals surface area contributed by atoms with Crippen molar-refractivity contribution in [2.45, 2.75) is 58.3 Å². The van der Waals surface area contributed by atoms with Crippen LogP contribution in [0, 0.1) is 11.2 Å². The first-order valence-corrected chi connectivity index (χ1v) is 16.3. The molecule has 238 valence electrons. The molecule has 5 nitrogen and oxygen atoms in total. The molecule has 0 spiro atoms. The van der Waals surface area contributed by atoms with Crippen molar-refractivity contribution in [1.29, 1.82) is 0 Å². The molecule has 0 aliphatic heterocycles. The summed E-state index contributed by atoms with van der Waals surface area (Å²) in [6.07, 6.45) is 9.02. The molecular formula is C41H41FN4O. The Labute approximate surface area is 276 Å². The molecule has 47 heavy (non-hydrogen) atoms. The number of nitrogens with zero attached hydrogens (tertiary/aromatic N) is 4. The summed E-state index contributed by atoms with van der Waals surface area (Å²) in [6, 6.07) is 26.7. The number of halogens is 1. The normalized spacial score (nSPS) is 16.5. The van der Waals surface area contributed by atoms with Crippen molar-refractivity contribution in [3.63, 3.8) is 0 Å². The minimum Gasteiger partial charge on any atom is -0.351 e. The monoisotopic (exact) mass is 624 g/mol. The second kappa shape index (κ2) is 13.0. The van der Waals surface area contributed by atoms with Crippen molar-refractivity contribution in [2.24, 2.45) is 5.41 Å². The summed E-state index contributed by atoms with van der Waals surface area (Å²) in [6.45, 7) is 10.1. The Morgan fingerprint density at radius 1 is 0.979 bits per heavy atom. The van der Waals surface area contributed by atoms with E-state index in [1.54, 1.807) is 18.3 Å². The van der Waals surface area contributed by atoms with Crippen LogP contribution in [0.25, 0.3) is 33.5 Å². The Kier molecular flexibility index (Phi) is 8.87. The van der Waals surface area contributed by atoms with Gasteiger partial charge in [0.15, 0.2) is 11.6 Å². The molecule has 2 aromatic heterocycles. The van der Waals surface area contributed by atoms with E-state index in [-0.39, 0.29) is 11.6 Å². The minimum absolute atomic E-state index is 0.0808. The molecule has 6 heteroatoms. The first-order valence-electron chi connectivity index (χ1n) is 16.3. The lowest BCUT2D eigenvalue weighted by Crippen LogP contribution is -2.35. The molecule has 6 rings (SSSR count). The first kappa shape index (κ1) is 32.0. The molecule has 0 unspecified atom stereocenters. The molecular weight excluding hydrogens is 583 g/mol. The predicted octanol–water partition coefficient (Wildman–Crippen LogP) is 9.67. The zero-order chi connectivity index (χ0) is 33.2. The lowest BCUT2D eigenvalue weighted by Gasteiger charge is -2.38. The van der Waals surface area contributed by atoms with Gasteiger partial charge in [-0.3, -0.25) is 9.78 Å². The van der Waals surface area contributed by atoms with Crippen LogP contribution in [0.4, 0.5) is 10.1 Å². The highest BCUT2D eigenvalue weighted by molar-refractivity contribution is 6.00. The number of fused-ring (bicyclic) bond motifs is 2. The maximum absolute atomic E-state index is 15.5. The van der Waals surface area contributed by atoms with Crippen LogP contribution in [-0.2, 0) is 16.6 Å². The van der Waals surface area contributed by atoms with Crippen LogP contribution >= 0.6 is 0 Å². The third-order valence-electron chi connectivity index (χ3n) is 9.41. The molecule has 0 radical (unpaired) electrons. The van der Waals surface area contributed by atoms with E-state index in [1.807, 2.05) is 105 Å². The zero-order valence-electron chi connectivity index (χ0n) is 27.6. The summed E-state index contributed by atoms with van der Waals surface area (Å²) in [5.74, 6) is 0.286. The summed E-state index contributed by atoms with van der Waals surface area (Å²) in [4.78, 5) is 31.4. The zero-order valence-corrected chi connectivity index (χ0v) is 27.6. The molecule has 2 heterocycles. The first-order chi connectivity index (χ1) is 22.6. The van der Waals surface area contributed by atoms with E-state index in [0.29, 0.717) is 29.9 Å². The molecule has 1 aliphatic carbocycles. The number of carbonyl (C=O) groups excluding carboxylic acids is 1. The van der Waals surface area contributed by atoms with Crippen molar-refractivity contribution < 1.29 is 9.18 Å². The average Bonchev–Trinajstić information content (AvgIpc) is 3.08. The van der Waals surface area contributed by atoms with Gasteiger partial charge in [0.1, 0.15) is 5.82 Å². The smallest absolute Gasteiger partial charge is 0.166 e. The summed E-state index contributed by atoms with van der Waals surface area (Å²) in [5.41, 5.74) is 5.12. The van der Waals surface area contributed by atoms with Gasteiger partial charge in [0.2, 0.25) is 0 Å². The van der Waals surface area contributed by atoms with Crippen LogP contribution in [0.15, 0.2) is 116 Å².